The van der Waals surface area contributed by atoms with Crippen LogP contribution in [0, 0.1) is 5.92 Å². The van der Waals surface area contributed by atoms with Crippen molar-refractivity contribution in [2.45, 2.75) is 44.1 Å². The molecule has 35 heavy (non-hydrogen) atoms. The number of nitrogens with one attached hydrogen (secondary N) is 2. The van der Waals surface area contributed by atoms with Gasteiger partial charge in [0.25, 0.3) is 0 Å². The summed E-state index contributed by atoms with van der Waals surface area (Å²) in [5.74, 6) is -2.20. The Kier molecular flexibility index (Phi) is 6.90. The first kappa shape index (κ1) is 23.6. The van der Waals surface area contributed by atoms with E-state index in [0.29, 0.717) is 5.65 Å². The summed E-state index contributed by atoms with van der Waals surface area (Å²) in [5, 5.41) is 3.17. The van der Waals surface area contributed by atoms with Crippen LogP contribution < -0.4 is 10.2 Å². The summed E-state index contributed by atoms with van der Waals surface area (Å²) in [6, 6.07) is 9.77. The number of aromatic amines is 1. The molecule has 1 amide bonds. The second-order valence-corrected chi connectivity index (χ2v) is 9.52. The van der Waals surface area contributed by atoms with E-state index < -0.39 is 5.92 Å². The predicted molar refractivity (Wildman–Crippen MR) is 129 cm³/mol. The molecule has 1 saturated heterocycles. The predicted octanol–water partition coefficient (Wildman–Crippen LogP) is 3.55. The van der Waals surface area contributed by atoms with E-state index in [2.05, 4.69) is 35.1 Å². The number of hydrogen-bond acceptors (Lipinski definition) is 6. The number of H-pyrrole nitrogens is 1. The minimum absolute atomic E-state index is 0.105. The average molecular weight is 484 g/mol. The molecule has 2 aliphatic rings. The molecule has 2 N–H and O–H groups in total. The zero-order valence-electron chi connectivity index (χ0n) is 19.7. The highest BCUT2D eigenvalue weighted by molar-refractivity contribution is 5.82. The molecular formula is C25H31F2N7O. The largest absolute Gasteiger partial charge is 0.352 e. The van der Waals surface area contributed by atoms with E-state index in [4.69, 9.17) is 0 Å². The lowest BCUT2D eigenvalue weighted by Crippen LogP contribution is -2.47. The van der Waals surface area contributed by atoms with Gasteiger partial charge in [-0.2, -0.15) is 0 Å². The van der Waals surface area contributed by atoms with Crippen molar-refractivity contribution in [1.29, 1.82) is 0 Å². The fourth-order valence-corrected chi connectivity index (χ4v) is 5.09. The first-order chi connectivity index (χ1) is 17.0. The number of hydrogen-bond donors (Lipinski definition) is 2. The third-order valence-corrected chi connectivity index (χ3v) is 7.22. The monoisotopic (exact) mass is 483 g/mol. The highest BCUT2D eigenvalue weighted by atomic mass is 19.3. The van der Waals surface area contributed by atoms with Gasteiger partial charge in [-0.05, 0) is 24.8 Å². The van der Waals surface area contributed by atoms with E-state index in [1.165, 1.54) is 0 Å². The van der Waals surface area contributed by atoms with Gasteiger partial charge < -0.3 is 15.2 Å². The molecule has 186 valence electrons. The number of piperazine rings is 1. The lowest BCUT2D eigenvalue weighted by atomic mass is 9.86. The Morgan fingerprint density at radius 1 is 1.09 bits per heavy atom. The van der Waals surface area contributed by atoms with E-state index in [9.17, 15) is 13.6 Å². The Labute approximate surface area is 203 Å². The second-order valence-electron chi connectivity index (χ2n) is 9.52. The van der Waals surface area contributed by atoms with Crippen molar-refractivity contribution in [2.75, 3.05) is 37.6 Å². The number of fused-ring (bicyclic) bond motifs is 1. The van der Waals surface area contributed by atoms with Gasteiger partial charge in [0, 0.05) is 51.5 Å². The third kappa shape index (κ3) is 5.58. The molecule has 1 atom stereocenters. The summed E-state index contributed by atoms with van der Waals surface area (Å²) < 4.78 is 27.1. The molecule has 5 rings (SSSR count). The molecule has 1 aliphatic heterocycles. The van der Waals surface area contributed by atoms with Crippen molar-refractivity contribution >= 4 is 22.9 Å². The highest BCUT2D eigenvalue weighted by Crippen LogP contribution is 2.36. The van der Waals surface area contributed by atoms with Crippen LogP contribution in [-0.4, -0.2) is 69.4 Å². The van der Waals surface area contributed by atoms with Gasteiger partial charge in [0.15, 0.2) is 11.5 Å². The van der Waals surface area contributed by atoms with Gasteiger partial charge in [0.05, 0.1) is 12.4 Å². The number of imidazole rings is 1. The number of anilines is 1. The summed E-state index contributed by atoms with van der Waals surface area (Å²) in [6.45, 7) is 4.27. The number of rotatable bonds is 7. The molecule has 0 bridgehead atoms. The van der Waals surface area contributed by atoms with Crippen LogP contribution in [0.25, 0.3) is 11.2 Å². The number of benzene rings is 1. The Balaban J connectivity index is 1.17. The van der Waals surface area contributed by atoms with E-state index >= 15 is 0 Å². The second kappa shape index (κ2) is 10.2. The molecule has 0 spiro atoms. The number of alkyl halides is 2. The van der Waals surface area contributed by atoms with Crippen LogP contribution in [-0.2, 0) is 4.79 Å². The molecule has 0 unspecified atom stereocenters. The summed E-state index contributed by atoms with van der Waals surface area (Å²) >= 11 is 0. The SMILES string of the molecule is O=C(N[C@@H](CCN1CCN(c2ncnc3nc[nH]c23)CC1)c1ccccc1)C1CCC(F)(F)CC1. The molecule has 8 nitrogen and oxygen atoms in total. The maximum atomic E-state index is 13.5. The summed E-state index contributed by atoms with van der Waals surface area (Å²) in [5.41, 5.74) is 2.57. The third-order valence-electron chi connectivity index (χ3n) is 7.22. The normalized spacial score (nSPS) is 20.1. The molecule has 10 heteroatoms. The standard InChI is InChI=1S/C25H31F2N7O/c26-25(27)9-6-19(7-10-25)24(35)32-20(18-4-2-1-3-5-18)8-11-33-12-14-34(15-13-33)23-21-22(29-16-28-21)30-17-31-23/h1-5,16-17,19-20H,6-15H2,(H,32,35)(H,28,29,30,31)/t20-/m0/s1. The average Bonchev–Trinajstić information content (AvgIpc) is 3.36. The quantitative estimate of drug-likeness (QED) is 0.534. The molecular weight excluding hydrogens is 452 g/mol. The number of amides is 1. The summed E-state index contributed by atoms with van der Waals surface area (Å²) in [4.78, 5) is 33.6. The fourth-order valence-electron chi connectivity index (χ4n) is 5.09. The number of aromatic nitrogens is 4. The van der Waals surface area contributed by atoms with Crippen LogP contribution in [0.5, 0.6) is 0 Å². The number of nitrogens with zero attached hydrogens (tertiary/aromatic N) is 5. The van der Waals surface area contributed by atoms with E-state index in [1.54, 1.807) is 12.7 Å². The van der Waals surface area contributed by atoms with Crippen molar-refractivity contribution in [3.8, 4) is 0 Å². The Hall–Kier alpha value is -3.14. The fraction of sp³-hybridized carbons (Fsp3) is 0.520. The van der Waals surface area contributed by atoms with E-state index in [1.807, 2.05) is 30.3 Å². The Bertz CT molecular complexity index is 1120. The molecule has 3 heterocycles. The smallest absolute Gasteiger partial charge is 0.248 e. The number of carbonyl (C=O) groups is 1. The van der Waals surface area contributed by atoms with Crippen molar-refractivity contribution in [3.05, 3.63) is 48.5 Å². The van der Waals surface area contributed by atoms with Crippen molar-refractivity contribution in [2.24, 2.45) is 5.92 Å². The summed E-state index contributed by atoms with van der Waals surface area (Å²) in [6.07, 6.45) is 4.02. The molecule has 2 aromatic heterocycles. The molecule has 1 saturated carbocycles. The van der Waals surface area contributed by atoms with Crippen LogP contribution in [0.3, 0.4) is 0 Å². The van der Waals surface area contributed by atoms with Gasteiger partial charge in [-0.1, -0.05) is 30.3 Å². The minimum Gasteiger partial charge on any atom is -0.352 e. The Morgan fingerprint density at radius 3 is 2.57 bits per heavy atom. The minimum atomic E-state index is -2.63. The number of carbonyl (C=O) groups excluding carboxylic acids is 1. The first-order valence-electron chi connectivity index (χ1n) is 12.3. The van der Waals surface area contributed by atoms with Crippen molar-refractivity contribution in [1.82, 2.24) is 30.2 Å². The van der Waals surface area contributed by atoms with E-state index in [0.717, 1.165) is 56.0 Å². The zero-order chi connectivity index (χ0) is 24.3. The maximum Gasteiger partial charge on any atom is 0.248 e. The molecule has 0 radical (unpaired) electrons. The van der Waals surface area contributed by atoms with Crippen LogP contribution in [0.1, 0.15) is 43.7 Å². The molecule has 2 fully saturated rings. The lowest BCUT2D eigenvalue weighted by Gasteiger charge is -2.36. The lowest BCUT2D eigenvalue weighted by molar-refractivity contribution is -0.130. The maximum absolute atomic E-state index is 13.5. The van der Waals surface area contributed by atoms with Crippen LogP contribution in [0.4, 0.5) is 14.6 Å². The molecule has 1 aromatic carbocycles. The topological polar surface area (TPSA) is 90.0 Å². The molecule has 3 aromatic rings. The Morgan fingerprint density at radius 2 is 1.83 bits per heavy atom. The first-order valence-corrected chi connectivity index (χ1v) is 12.3. The number of halogens is 2. The zero-order valence-corrected chi connectivity index (χ0v) is 19.7. The van der Waals surface area contributed by atoms with Gasteiger partial charge in [0.2, 0.25) is 11.8 Å². The van der Waals surface area contributed by atoms with Crippen molar-refractivity contribution in [3.63, 3.8) is 0 Å². The summed E-state index contributed by atoms with van der Waals surface area (Å²) in [7, 11) is 0. The van der Waals surface area contributed by atoms with Gasteiger partial charge in [0.1, 0.15) is 11.8 Å². The van der Waals surface area contributed by atoms with E-state index in [-0.39, 0.29) is 43.6 Å². The van der Waals surface area contributed by atoms with Crippen LogP contribution in [0.15, 0.2) is 43.0 Å². The van der Waals surface area contributed by atoms with Gasteiger partial charge in [-0.25, -0.2) is 23.7 Å². The van der Waals surface area contributed by atoms with Gasteiger partial charge in [-0.3, -0.25) is 9.69 Å². The van der Waals surface area contributed by atoms with Crippen LogP contribution in [0.2, 0.25) is 0 Å². The van der Waals surface area contributed by atoms with Crippen molar-refractivity contribution < 1.29 is 13.6 Å². The van der Waals surface area contributed by atoms with Gasteiger partial charge >= 0.3 is 0 Å². The highest BCUT2D eigenvalue weighted by Gasteiger charge is 2.37. The van der Waals surface area contributed by atoms with Gasteiger partial charge in [-0.15, -0.1) is 0 Å². The molecule has 1 aliphatic carbocycles. The van der Waals surface area contributed by atoms with Crippen LogP contribution >= 0.6 is 0 Å².